The molecule has 1 aromatic carbocycles. The van der Waals surface area contributed by atoms with E-state index in [1.54, 1.807) is 17.0 Å². The van der Waals surface area contributed by atoms with E-state index in [1.165, 1.54) is 12.1 Å². The number of rotatable bonds is 4. The van der Waals surface area contributed by atoms with E-state index in [0.29, 0.717) is 13.0 Å². The zero-order valence-corrected chi connectivity index (χ0v) is 12.6. The molecule has 0 aromatic heterocycles. The first-order chi connectivity index (χ1) is 9.93. The van der Waals surface area contributed by atoms with Crippen molar-refractivity contribution < 1.29 is 14.0 Å². The van der Waals surface area contributed by atoms with Crippen LogP contribution in [0.1, 0.15) is 32.8 Å². The average Bonchev–Trinajstić information content (AvgIpc) is 2.44. The molecule has 2 atom stereocenters. The Hall–Kier alpha value is -1.91. The van der Waals surface area contributed by atoms with E-state index in [2.05, 4.69) is 5.32 Å². The van der Waals surface area contributed by atoms with Crippen molar-refractivity contribution in [3.63, 3.8) is 0 Å². The molecule has 0 spiro atoms. The van der Waals surface area contributed by atoms with E-state index >= 15 is 0 Å². The third kappa shape index (κ3) is 3.23. The average molecular weight is 292 g/mol. The summed E-state index contributed by atoms with van der Waals surface area (Å²) in [6.45, 7) is 6.03. The van der Waals surface area contributed by atoms with Crippen LogP contribution >= 0.6 is 0 Å². The molecule has 2 amide bonds. The Labute approximate surface area is 124 Å². The van der Waals surface area contributed by atoms with Gasteiger partial charge >= 0.3 is 0 Å². The maximum atomic E-state index is 13.0. The van der Waals surface area contributed by atoms with Crippen molar-refractivity contribution in [1.29, 1.82) is 0 Å². The molecule has 0 radical (unpaired) electrons. The van der Waals surface area contributed by atoms with Gasteiger partial charge in [-0.3, -0.25) is 9.59 Å². The number of halogens is 1. The number of piperazine rings is 1. The van der Waals surface area contributed by atoms with Crippen LogP contribution in [0.5, 0.6) is 0 Å². The smallest absolute Gasteiger partial charge is 0.246 e. The lowest BCUT2D eigenvalue weighted by atomic mass is 9.95. The summed E-state index contributed by atoms with van der Waals surface area (Å²) in [5.41, 5.74) is 0.819. The van der Waals surface area contributed by atoms with Crippen LogP contribution in [0.15, 0.2) is 24.3 Å². The van der Waals surface area contributed by atoms with Crippen molar-refractivity contribution in [1.82, 2.24) is 10.2 Å². The molecule has 1 aliphatic heterocycles. The van der Waals surface area contributed by atoms with E-state index < -0.39 is 12.1 Å². The Balaban J connectivity index is 2.27. The van der Waals surface area contributed by atoms with Crippen molar-refractivity contribution in [2.45, 2.75) is 45.8 Å². The van der Waals surface area contributed by atoms with Gasteiger partial charge in [0.15, 0.2) is 0 Å². The van der Waals surface area contributed by atoms with Crippen molar-refractivity contribution in [2.75, 3.05) is 0 Å². The van der Waals surface area contributed by atoms with Crippen LogP contribution in [0.4, 0.5) is 4.39 Å². The topological polar surface area (TPSA) is 49.4 Å². The molecule has 1 fully saturated rings. The van der Waals surface area contributed by atoms with Gasteiger partial charge in [-0.25, -0.2) is 4.39 Å². The largest absolute Gasteiger partial charge is 0.343 e. The van der Waals surface area contributed by atoms with E-state index in [0.717, 1.165) is 5.56 Å². The molecule has 0 bridgehead atoms. The molecule has 5 heteroatoms. The number of amides is 2. The fourth-order valence-electron chi connectivity index (χ4n) is 2.70. The second kappa shape index (κ2) is 6.24. The number of nitrogens with one attached hydrogen (secondary N) is 1. The Bertz CT molecular complexity index is 528. The summed E-state index contributed by atoms with van der Waals surface area (Å²) in [7, 11) is 0. The SMILES string of the molecule is CCC1NC(=O)C(C(C)C)N(Cc2ccc(F)cc2)C1=O. The molecule has 1 aliphatic rings. The normalized spacial score (nSPS) is 22.6. The Morgan fingerprint density at radius 3 is 2.38 bits per heavy atom. The lowest BCUT2D eigenvalue weighted by molar-refractivity contribution is -0.152. The molecule has 1 N–H and O–H groups in total. The summed E-state index contributed by atoms with van der Waals surface area (Å²) in [6.07, 6.45) is 0.565. The maximum Gasteiger partial charge on any atom is 0.246 e. The van der Waals surface area contributed by atoms with E-state index in [-0.39, 0.29) is 23.5 Å². The van der Waals surface area contributed by atoms with Crippen LogP contribution in [0.25, 0.3) is 0 Å². The molecular weight excluding hydrogens is 271 g/mol. The van der Waals surface area contributed by atoms with Crippen LogP contribution in [0.2, 0.25) is 0 Å². The molecular formula is C16H21FN2O2. The highest BCUT2D eigenvalue weighted by atomic mass is 19.1. The molecule has 4 nitrogen and oxygen atoms in total. The zero-order chi connectivity index (χ0) is 15.6. The maximum absolute atomic E-state index is 13.0. The van der Waals surface area contributed by atoms with E-state index in [1.807, 2.05) is 20.8 Å². The number of carbonyl (C=O) groups is 2. The lowest BCUT2D eigenvalue weighted by Gasteiger charge is -2.40. The Morgan fingerprint density at radius 1 is 1.24 bits per heavy atom. The summed E-state index contributed by atoms with van der Waals surface area (Å²) in [6, 6.07) is 5.08. The van der Waals surface area contributed by atoms with Crippen molar-refractivity contribution >= 4 is 11.8 Å². The van der Waals surface area contributed by atoms with Gasteiger partial charge in [0.1, 0.15) is 17.9 Å². The number of hydrogen-bond donors (Lipinski definition) is 1. The molecule has 2 unspecified atom stereocenters. The Morgan fingerprint density at radius 2 is 1.86 bits per heavy atom. The van der Waals surface area contributed by atoms with Gasteiger partial charge < -0.3 is 10.2 Å². The summed E-state index contributed by atoms with van der Waals surface area (Å²) in [5.74, 6) is -0.473. The number of hydrogen-bond acceptors (Lipinski definition) is 2. The quantitative estimate of drug-likeness (QED) is 0.924. The predicted octanol–water partition coefficient (Wildman–Crippen LogP) is 2.09. The van der Waals surface area contributed by atoms with Crippen LogP contribution < -0.4 is 5.32 Å². The highest BCUT2D eigenvalue weighted by molar-refractivity contribution is 5.97. The minimum absolute atomic E-state index is 0.0206. The van der Waals surface area contributed by atoms with E-state index in [9.17, 15) is 14.0 Å². The number of nitrogens with zero attached hydrogens (tertiary/aromatic N) is 1. The third-order valence-corrected chi connectivity index (χ3v) is 3.81. The lowest BCUT2D eigenvalue weighted by Crippen LogP contribution is -2.64. The van der Waals surface area contributed by atoms with Crippen LogP contribution in [-0.2, 0) is 16.1 Å². The molecule has 0 aliphatic carbocycles. The van der Waals surface area contributed by atoms with Gasteiger partial charge in [-0.15, -0.1) is 0 Å². The van der Waals surface area contributed by atoms with Crippen LogP contribution in [0, 0.1) is 11.7 Å². The second-order valence-electron chi connectivity index (χ2n) is 5.75. The fraction of sp³-hybridized carbons (Fsp3) is 0.500. The fourth-order valence-corrected chi connectivity index (χ4v) is 2.70. The summed E-state index contributed by atoms with van der Waals surface area (Å²) >= 11 is 0. The third-order valence-electron chi connectivity index (χ3n) is 3.81. The van der Waals surface area contributed by atoms with Crippen LogP contribution in [-0.4, -0.2) is 28.8 Å². The van der Waals surface area contributed by atoms with Crippen molar-refractivity contribution in [2.24, 2.45) is 5.92 Å². The predicted molar refractivity (Wildman–Crippen MR) is 77.8 cm³/mol. The van der Waals surface area contributed by atoms with E-state index in [4.69, 9.17) is 0 Å². The Kier molecular flexibility index (Phi) is 4.60. The van der Waals surface area contributed by atoms with Gasteiger partial charge in [-0.1, -0.05) is 32.9 Å². The monoisotopic (exact) mass is 292 g/mol. The van der Waals surface area contributed by atoms with Crippen LogP contribution in [0.3, 0.4) is 0 Å². The minimum Gasteiger partial charge on any atom is -0.343 e. The summed E-state index contributed by atoms with van der Waals surface area (Å²) < 4.78 is 13.0. The first kappa shape index (κ1) is 15.5. The van der Waals surface area contributed by atoms with Gasteiger partial charge in [0.05, 0.1) is 0 Å². The molecule has 21 heavy (non-hydrogen) atoms. The molecule has 114 valence electrons. The molecule has 1 aromatic rings. The van der Waals surface area contributed by atoms with Gasteiger partial charge in [-0.05, 0) is 30.0 Å². The first-order valence-electron chi connectivity index (χ1n) is 7.29. The first-order valence-corrected chi connectivity index (χ1v) is 7.29. The zero-order valence-electron chi connectivity index (χ0n) is 12.6. The highest BCUT2D eigenvalue weighted by Crippen LogP contribution is 2.21. The van der Waals surface area contributed by atoms with Gasteiger partial charge in [0.25, 0.3) is 0 Å². The summed E-state index contributed by atoms with van der Waals surface area (Å²) in [5, 5.41) is 2.78. The minimum atomic E-state index is -0.481. The molecule has 1 heterocycles. The number of benzene rings is 1. The highest BCUT2D eigenvalue weighted by Gasteiger charge is 2.41. The number of carbonyl (C=O) groups excluding carboxylic acids is 2. The molecule has 2 rings (SSSR count). The molecule has 1 saturated heterocycles. The standard InChI is InChI=1S/C16H21FN2O2/c1-4-13-16(21)19(14(10(2)3)15(20)18-13)9-11-5-7-12(17)8-6-11/h5-8,10,13-14H,4,9H2,1-3H3,(H,18,20). The van der Waals surface area contributed by atoms with Gasteiger partial charge in [0, 0.05) is 6.54 Å². The molecule has 0 saturated carbocycles. The van der Waals surface area contributed by atoms with Crippen molar-refractivity contribution in [3.05, 3.63) is 35.6 Å². The van der Waals surface area contributed by atoms with Gasteiger partial charge in [0.2, 0.25) is 11.8 Å². The second-order valence-corrected chi connectivity index (χ2v) is 5.75. The summed E-state index contributed by atoms with van der Waals surface area (Å²) in [4.78, 5) is 26.4. The van der Waals surface area contributed by atoms with Gasteiger partial charge in [-0.2, -0.15) is 0 Å². The van der Waals surface area contributed by atoms with Crippen molar-refractivity contribution in [3.8, 4) is 0 Å².